The number of nitrogens with zero attached hydrogens (tertiary/aromatic N) is 2. The molecule has 0 bridgehead atoms. The molecule has 150 valence electrons. The van der Waals surface area contributed by atoms with Crippen molar-refractivity contribution in [2.24, 2.45) is 4.99 Å². The van der Waals surface area contributed by atoms with Gasteiger partial charge in [0.15, 0.2) is 17.5 Å². The number of rotatable bonds is 8. The number of guanidine groups is 1. The van der Waals surface area contributed by atoms with E-state index in [1.54, 1.807) is 32.6 Å². The largest absolute Gasteiger partial charge is 0.493 e. The van der Waals surface area contributed by atoms with Crippen LogP contribution in [0.2, 0.25) is 4.34 Å². The maximum Gasteiger partial charge on any atom is 0.193 e. The summed E-state index contributed by atoms with van der Waals surface area (Å²) in [5.74, 6) is 2.38. The van der Waals surface area contributed by atoms with Gasteiger partial charge in [0.25, 0.3) is 0 Å². The van der Waals surface area contributed by atoms with Crippen LogP contribution in [0.1, 0.15) is 10.4 Å². The van der Waals surface area contributed by atoms with Crippen LogP contribution in [0.4, 0.5) is 0 Å². The van der Waals surface area contributed by atoms with Crippen LogP contribution in [0.15, 0.2) is 35.3 Å². The minimum absolute atomic E-state index is 0. The average Bonchev–Trinajstić information content (AvgIpc) is 3.08. The Morgan fingerprint density at radius 1 is 1.15 bits per heavy atom. The molecule has 1 N–H and O–H groups in total. The highest BCUT2D eigenvalue weighted by Crippen LogP contribution is 2.27. The van der Waals surface area contributed by atoms with Crippen LogP contribution >= 0.6 is 46.9 Å². The lowest BCUT2D eigenvalue weighted by molar-refractivity contribution is 0.354. The first-order valence-electron chi connectivity index (χ1n) is 8.44. The average molecular weight is 524 g/mol. The van der Waals surface area contributed by atoms with Crippen LogP contribution in [-0.2, 0) is 12.8 Å². The van der Waals surface area contributed by atoms with Gasteiger partial charge in [0.05, 0.1) is 18.6 Å². The molecule has 0 aliphatic carbocycles. The smallest absolute Gasteiger partial charge is 0.193 e. The fraction of sp³-hybridized carbons (Fsp3) is 0.421. The van der Waals surface area contributed by atoms with Crippen LogP contribution in [0.3, 0.4) is 0 Å². The number of thiophene rings is 1. The number of ether oxygens (including phenoxy) is 2. The summed E-state index contributed by atoms with van der Waals surface area (Å²) >= 11 is 7.59. The number of methoxy groups -OCH3 is 2. The van der Waals surface area contributed by atoms with Gasteiger partial charge in [0, 0.05) is 32.1 Å². The number of likely N-dealkylation sites (N-methyl/N-ethyl adjacent to an activating group) is 1. The van der Waals surface area contributed by atoms with Gasteiger partial charge in [-0.15, -0.1) is 35.3 Å². The second kappa shape index (κ2) is 12.3. The van der Waals surface area contributed by atoms with Crippen LogP contribution in [0.25, 0.3) is 0 Å². The molecule has 0 aliphatic heterocycles. The fourth-order valence-corrected chi connectivity index (χ4v) is 3.69. The lowest BCUT2D eigenvalue weighted by atomic mass is 10.1. The van der Waals surface area contributed by atoms with E-state index in [0.29, 0.717) is 0 Å². The standard InChI is InChI=1S/C19H26ClN3O2S.HI/c1-21-19(22-11-9-15-6-8-18(20)26-15)23(2)12-10-14-5-7-16(24-3)17(13-14)25-4;/h5-8,13H,9-12H2,1-4H3,(H,21,22);1H. The van der Waals surface area contributed by atoms with E-state index in [-0.39, 0.29) is 24.0 Å². The Kier molecular flexibility index (Phi) is 10.9. The molecular weight excluding hydrogens is 497 g/mol. The molecule has 8 heteroatoms. The third-order valence-corrected chi connectivity index (χ3v) is 5.33. The molecule has 0 radical (unpaired) electrons. The van der Waals surface area contributed by atoms with Gasteiger partial charge in [0.2, 0.25) is 0 Å². The Morgan fingerprint density at radius 3 is 2.48 bits per heavy atom. The van der Waals surface area contributed by atoms with Crippen LogP contribution < -0.4 is 14.8 Å². The first-order valence-corrected chi connectivity index (χ1v) is 9.63. The molecule has 0 atom stereocenters. The summed E-state index contributed by atoms with van der Waals surface area (Å²) in [6.45, 7) is 1.67. The lowest BCUT2D eigenvalue weighted by Crippen LogP contribution is -2.40. The number of hydrogen-bond acceptors (Lipinski definition) is 4. The maximum absolute atomic E-state index is 5.97. The van der Waals surface area contributed by atoms with Gasteiger partial charge in [-0.25, -0.2) is 0 Å². The van der Waals surface area contributed by atoms with Gasteiger partial charge in [-0.1, -0.05) is 17.7 Å². The Hall–Kier alpha value is -1.19. The summed E-state index contributed by atoms with van der Waals surface area (Å²) in [5.41, 5.74) is 1.19. The first kappa shape index (κ1) is 23.8. The highest BCUT2D eigenvalue weighted by Gasteiger charge is 2.08. The molecule has 0 saturated heterocycles. The van der Waals surface area contributed by atoms with Gasteiger partial charge < -0.3 is 19.7 Å². The zero-order chi connectivity index (χ0) is 18.9. The van der Waals surface area contributed by atoms with Crippen molar-refractivity contribution in [1.29, 1.82) is 0 Å². The van der Waals surface area contributed by atoms with Crippen molar-refractivity contribution in [3.8, 4) is 11.5 Å². The van der Waals surface area contributed by atoms with Crippen molar-refractivity contribution in [3.05, 3.63) is 45.1 Å². The van der Waals surface area contributed by atoms with E-state index in [1.165, 1.54) is 10.4 Å². The molecule has 5 nitrogen and oxygen atoms in total. The van der Waals surface area contributed by atoms with Gasteiger partial charge in [-0.05, 0) is 42.7 Å². The molecule has 0 fully saturated rings. The van der Waals surface area contributed by atoms with E-state index in [0.717, 1.165) is 47.7 Å². The zero-order valence-electron chi connectivity index (χ0n) is 16.1. The third kappa shape index (κ3) is 7.38. The van der Waals surface area contributed by atoms with Crippen LogP contribution in [0.5, 0.6) is 11.5 Å². The number of aliphatic imine (C=N–C) groups is 1. The number of benzene rings is 1. The molecule has 0 unspecified atom stereocenters. The van der Waals surface area contributed by atoms with Crippen molar-refractivity contribution >= 4 is 52.9 Å². The van der Waals surface area contributed by atoms with E-state index >= 15 is 0 Å². The molecule has 0 aliphatic rings. The molecule has 2 rings (SSSR count). The Labute approximate surface area is 187 Å². The summed E-state index contributed by atoms with van der Waals surface area (Å²) in [6, 6.07) is 10.0. The number of halogens is 2. The van der Waals surface area contributed by atoms with Crippen molar-refractivity contribution in [2.75, 3.05) is 41.4 Å². The second-order valence-corrected chi connectivity index (χ2v) is 7.59. The number of nitrogens with one attached hydrogen (secondary N) is 1. The summed E-state index contributed by atoms with van der Waals surface area (Å²) in [5, 5.41) is 3.40. The van der Waals surface area contributed by atoms with Gasteiger partial charge in [0.1, 0.15) is 0 Å². The van der Waals surface area contributed by atoms with Crippen LogP contribution in [0, 0.1) is 0 Å². The molecule has 2 aromatic rings. The Balaban J connectivity index is 0.00000364. The van der Waals surface area contributed by atoms with E-state index in [4.69, 9.17) is 21.1 Å². The molecule has 1 aromatic carbocycles. The summed E-state index contributed by atoms with van der Waals surface area (Å²) < 4.78 is 11.5. The summed E-state index contributed by atoms with van der Waals surface area (Å²) in [4.78, 5) is 7.75. The minimum Gasteiger partial charge on any atom is -0.493 e. The Morgan fingerprint density at radius 2 is 1.89 bits per heavy atom. The predicted octanol–water partition coefficient (Wildman–Crippen LogP) is 4.33. The van der Waals surface area contributed by atoms with Crippen molar-refractivity contribution in [3.63, 3.8) is 0 Å². The topological polar surface area (TPSA) is 46.1 Å². The minimum atomic E-state index is 0. The maximum atomic E-state index is 5.97. The fourth-order valence-electron chi connectivity index (χ4n) is 2.61. The number of hydrogen-bond donors (Lipinski definition) is 1. The van der Waals surface area contributed by atoms with Gasteiger partial charge in [-0.2, -0.15) is 0 Å². The zero-order valence-corrected chi connectivity index (χ0v) is 20.0. The van der Waals surface area contributed by atoms with Gasteiger partial charge in [-0.3, -0.25) is 4.99 Å². The van der Waals surface area contributed by atoms with E-state index < -0.39 is 0 Å². The molecule has 0 amide bonds. The second-order valence-electron chi connectivity index (χ2n) is 5.79. The molecule has 1 aromatic heterocycles. The quantitative estimate of drug-likeness (QED) is 0.318. The van der Waals surface area contributed by atoms with Crippen molar-refractivity contribution in [2.45, 2.75) is 12.8 Å². The molecule has 0 spiro atoms. The molecule has 0 saturated carbocycles. The molecule has 27 heavy (non-hydrogen) atoms. The van der Waals surface area contributed by atoms with Crippen LogP contribution in [-0.4, -0.2) is 52.3 Å². The van der Waals surface area contributed by atoms with E-state index in [1.807, 2.05) is 25.2 Å². The normalized spacial score (nSPS) is 10.9. The van der Waals surface area contributed by atoms with Gasteiger partial charge >= 0.3 is 0 Å². The Bertz CT molecular complexity index is 739. The molecular formula is C19H27ClIN3O2S. The predicted molar refractivity (Wildman–Crippen MR) is 126 cm³/mol. The summed E-state index contributed by atoms with van der Waals surface area (Å²) in [6.07, 6.45) is 1.82. The highest BCUT2D eigenvalue weighted by atomic mass is 127. The molecule has 1 heterocycles. The third-order valence-electron chi connectivity index (χ3n) is 4.04. The highest BCUT2D eigenvalue weighted by molar-refractivity contribution is 14.0. The van der Waals surface area contributed by atoms with Crippen molar-refractivity contribution in [1.82, 2.24) is 10.2 Å². The van der Waals surface area contributed by atoms with E-state index in [9.17, 15) is 0 Å². The SMILES string of the molecule is CN=C(NCCc1ccc(Cl)s1)N(C)CCc1ccc(OC)c(OC)c1.I. The first-order chi connectivity index (χ1) is 12.6. The lowest BCUT2D eigenvalue weighted by Gasteiger charge is -2.22. The monoisotopic (exact) mass is 523 g/mol. The van der Waals surface area contributed by atoms with Crippen molar-refractivity contribution < 1.29 is 9.47 Å². The van der Waals surface area contributed by atoms with E-state index in [2.05, 4.69) is 27.3 Å². The summed E-state index contributed by atoms with van der Waals surface area (Å²) in [7, 11) is 7.14.